The minimum absolute atomic E-state index is 0. The fourth-order valence-corrected chi connectivity index (χ4v) is 4.94. The molecule has 5 aromatic rings. The van der Waals surface area contributed by atoms with Gasteiger partial charge in [0.15, 0.2) is 0 Å². The van der Waals surface area contributed by atoms with E-state index < -0.39 is 0 Å². The van der Waals surface area contributed by atoms with Crippen LogP contribution in [0.3, 0.4) is 0 Å². The van der Waals surface area contributed by atoms with Gasteiger partial charge in [0.05, 0.1) is 24.1 Å². The van der Waals surface area contributed by atoms with Gasteiger partial charge in [0.1, 0.15) is 0 Å². The molecule has 3 heterocycles. The molecule has 0 unspecified atom stereocenters. The van der Waals surface area contributed by atoms with Crippen LogP contribution in [0.1, 0.15) is 21.6 Å². The molecule has 0 aliphatic carbocycles. The second-order valence-corrected chi connectivity index (χ2v) is 9.03. The standard InChI is InChI=1S/C29H25N5O2.2ClH/c35-28-15-25(24-8-4-5-9-26(24)32-28)29(36)34-13-12-33(18-23-16-30-19-31-23)27-11-10-21(14-22(27)17-34)20-6-2-1-3-7-20;;/h1-11,14-16,19H,12-13,17-18H2,(H,30,31)(H,32,35);2*1H. The Morgan fingerprint density at radius 3 is 2.47 bits per heavy atom. The van der Waals surface area contributed by atoms with Crippen LogP contribution < -0.4 is 10.5 Å². The number of pyridine rings is 1. The maximum absolute atomic E-state index is 13.8. The Bertz CT molecular complexity index is 1600. The second kappa shape index (κ2) is 11.5. The molecule has 1 aliphatic heterocycles. The SMILES string of the molecule is Cl.Cl.O=C(c1cc(=O)[nH]c2ccccc12)N1CCN(Cc2cnc[nH]2)c2ccc(-c3ccccc3)cc2C1. The normalized spacial score (nSPS) is 12.7. The zero-order valence-corrected chi connectivity index (χ0v) is 22.1. The number of aromatic nitrogens is 3. The summed E-state index contributed by atoms with van der Waals surface area (Å²) in [7, 11) is 0. The van der Waals surface area contributed by atoms with Crippen molar-refractivity contribution < 1.29 is 4.79 Å². The number of H-pyrrole nitrogens is 2. The number of nitrogens with zero attached hydrogens (tertiary/aromatic N) is 3. The number of hydrogen-bond donors (Lipinski definition) is 2. The van der Waals surface area contributed by atoms with Crippen LogP contribution in [0.25, 0.3) is 22.0 Å². The summed E-state index contributed by atoms with van der Waals surface area (Å²) in [5.74, 6) is -0.142. The lowest BCUT2D eigenvalue weighted by Gasteiger charge is -2.24. The van der Waals surface area contributed by atoms with Crippen LogP contribution in [0.5, 0.6) is 0 Å². The number of benzene rings is 3. The molecule has 9 heteroatoms. The number of halogens is 2. The Hall–Kier alpha value is -4.07. The molecule has 194 valence electrons. The van der Waals surface area contributed by atoms with Gasteiger partial charge in [-0.3, -0.25) is 9.59 Å². The Balaban J connectivity index is 0.00000168. The van der Waals surface area contributed by atoms with Crippen molar-refractivity contribution in [1.29, 1.82) is 0 Å². The van der Waals surface area contributed by atoms with E-state index in [-0.39, 0.29) is 36.3 Å². The number of para-hydroxylation sites is 1. The van der Waals surface area contributed by atoms with Crippen molar-refractivity contribution in [1.82, 2.24) is 19.9 Å². The molecule has 3 aromatic carbocycles. The molecule has 0 radical (unpaired) electrons. The van der Waals surface area contributed by atoms with Gasteiger partial charge in [0.2, 0.25) is 5.56 Å². The Kier molecular flexibility index (Phi) is 8.20. The van der Waals surface area contributed by atoms with Gasteiger partial charge >= 0.3 is 0 Å². The van der Waals surface area contributed by atoms with Gasteiger partial charge in [-0.2, -0.15) is 0 Å². The Morgan fingerprint density at radius 2 is 1.68 bits per heavy atom. The van der Waals surface area contributed by atoms with Crippen LogP contribution in [-0.4, -0.2) is 38.8 Å². The molecule has 0 saturated carbocycles. The van der Waals surface area contributed by atoms with E-state index in [2.05, 4.69) is 50.2 Å². The maximum Gasteiger partial charge on any atom is 0.255 e. The summed E-state index contributed by atoms with van der Waals surface area (Å²) in [6.45, 7) is 2.30. The van der Waals surface area contributed by atoms with Gasteiger partial charge in [-0.25, -0.2) is 4.98 Å². The van der Waals surface area contributed by atoms with Crippen molar-refractivity contribution in [3.8, 4) is 11.1 Å². The van der Waals surface area contributed by atoms with Gasteiger partial charge in [0.25, 0.3) is 5.91 Å². The van der Waals surface area contributed by atoms with Crippen molar-refractivity contribution in [2.45, 2.75) is 13.1 Å². The topological polar surface area (TPSA) is 85.1 Å². The van der Waals surface area contributed by atoms with Crippen molar-refractivity contribution in [3.05, 3.63) is 119 Å². The van der Waals surface area contributed by atoms with E-state index in [9.17, 15) is 9.59 Å². The third-order valence-electron chi connectivity index (χ3n) is 6.71. The summed E-state index contributed by atoms with van der Waals surface area (Å²) >= 11 is 0. The second-order valence-electron chi connectivity index (χ2n) is 9.03. The van der Waals surface area contributed by atoms with Crippen molar-refractivity contribution in [2.75, 3.05) is 18.0 Å². The predicted molar refractivity (Wildman–Crippen MR) is 155 cm³/mol. The highest BCUT2D eigenvalue weighted by Gasteiger charge is 2.26. The number of fused-ring (bicyclic) bond motifs is 2. The Morgan fingerprint density at radius 1 is 0.895 bits per heavy atom. The minimum atomic E-state index is -0.278. The van der Waals surface area contributed by atoms with Gasteiger partial charge in [0, 0.05) is 48.5 Å². The number of nitrogens with one attached hydrogen (secondary N) is 2. The number of rotatable bonds is 4. The third-order valence-corrected chi connectivity index (χ3v) is 6.71. The quantitative estimate of drug-likeness (QED) is 0.314. The first kappa shape index (κ1) is 27.0. The summed E-state index contributed by atoms with van der Waals surface area (Å²) in [5.41, 5.74) is 6.21. The van der Waals surface area contributed by atoms with Crippen molar-refractivity contribution >= 4 is 47.3 Å². The van der Waals surface area contributed by atoms with Crippen molar-refractivity contribution in [2.24, 2.45) is 0 Å². The van der Waals surface area contributed by atoms with Gasteiger partial charge < -0.3 is 19.8 Å². The molecule has 0 spiro atoms. The van der Waals surface area contributed by atoms with Crippen LogP contribution in [0.4, 0.5) is 5.69 Å². The lowest BCUT2D eigenvalue weighted by molar-refractivity contribution is 0.0753. The monoisotopic (exact) mass is 547 g/mol. The maximum atomic E-state index is 13.8. The molecule has 2 aromatic heterocycles. The van der Waals surface area contributed by atoms with Gasteiger partial charge in [-0.05, 0) is 34.9 Å². The highest BCUT2D eigenvalue weighted by atomic mass is 35.5. The first-order valence-corrected chi connectivity index (χ1v) is 12.0. The summed E-state index contributed by atoms with van der Waals surface area (Å²) < 4.78 is 0. The average Bonchev–Trinajstić information content (AvgIpc) is 3.36. The number of carbonyl (C=O) groups is 1. The van der Waals surface area contributed by atoms with E-state index in [0.29, 0.717) is 37.3 Å². The number of hydrogen-bond acceptors (Lipinski definition) is 4. The largest absolute Gasteiger partial charge is 0.364 e. The minimum Gasteiger partial charge on any atom is -0.364 e. The van der Waals surface area contributed by atoms with E-state index in [0.717, 1.165) is 33.5 Å². The van der Waals surface area contributed by atoms with E-state index in [1.165, 1.54) is 6.07 Å². The van der Waals surface area contributed by atoms with Crippen molar-refractivity contribution in [3.63, 3.8) is 0 Å². The predicted octanol–water partition coefficient (Wildman–Crippen LogP) is 5.42. The molecular formula is C29H27Cl2N5O2. The molecule has 38 heavy (non-hydrogen) atoms. The van der Waals surface area contributed by atoms with E-state index >= 15 is 0 Å². The Labute approximate surface area is 232 Å². The van der Waals surface area contributed by atoms with Crippen LogP contribution in [0, 0.1) is 0 Å². The highest BCUT2D eigenvalue weighted by molar-refractivity contribution is 6.06. The number of anilines is 1. The zero-order valence-electron chi connectivity index (χ0n) is 20.5. The molecule has 1 aliphatic rings. The zero-order chi connectivity index (χ0) is 24.5. The molecule has 1 amide bonds. The lowest BCUT2D eigenvalue weighted by atomic mass is 10.0. The van der Waals surface area contributed by atoms with E-state index in [1.54, 1.807) is 6.33 Å². The number of carbonyl (C=O) groups excluding carboxylic acids is 1. The van der Waals surface area contributed by atoms with Gasteiger partial charge in [-0.1, -0.05) is 54.6 Å². The smallest absolute Gasteiger partial charge is 0.255 e. The first-order valence-electron chi connectivity index (χ1n) is 12.0. The number of aromatic amines is 2. The summed E-state index contributed by atoms with van der Waals surface area (Å²) in [6.07, 6.45) is 3.51. The van der Waals surface area contributed by atoms with Crippen LogP contribution >= 0.6 is 24.8 Å². The molecule has 2 N–H and O–H groups in total. The molecule has 6 rings (SSSR count). The van der Waals surface area contributed by atoms with Crippen LogP contribution in [0.15, 0.2) is 96.2 Å². The summed E-state index contributed by atoms with van der Waals surface area (Å²) in [6, 6.07) is 25.5. The van der Waals surface area contributed by atoms with Gasteiger partial charge in [-0.15, -0.1) is 24.8 Å². The lowest BCUT2D eigenvalue weighted by Crippen LogP contribution is -2.35. The van der Waals surface area contributed by atoms with E-state index in [1.807, 2.05) is 53.6 Å². The van der Waals surface area contributed by atoms with Crippen LogP contribution in [-0.2, 0) is 13.1 Å². The fraction of sp³-hybridized carbons (Fsp3) is 0.138. The third kappa shape index (κ3) is 5.30. The van der Waals surface area contributed by atoms with Crippen LogP contribution in [0.2, 0.25) is 0 Å². The number of amides is 1. The molecule has 0 atom stereocenters. The average molecular weight is 548 g/mol. The molecular weight excluding hydrogens is 521 g/mol. The highest BCUT2D eigenvalue weighted by Crippen LogP contribution is 2.32. The first-order chi connectivity index (χ1) is 17.7. The summed E-state index contributed by atoms with van der Waals surface area (Å²) in [4.78, 5) is 40.5. The molecule has 0 saturated heterocycles. The molecule has 7 nitrogen and oxygen atoms in total. The van der Waals surface area contributed by atoms with E-state index in [4.69, 9.17) is 0 Å². The number of imidazole rings is 1. The molecule has 0 fully saturated rings. The molecule has 0 bridgehead atoms. The summed E-state index contributed by atoms with van der Waals surface area (Å²) in [5, 5.41) is 0.749. The fourth-order valence-electron chi connectivity index (χ4n) is 4.94.